The highest BCUT2D eigenvalue weighted by atomic mass is 16.5. The molecule has 3 heterocycles. The average Bonchev–Trinajstić information content (AvgIpc) is 3.36. The standard InChI is InChI=1S/C17H25N3O3/c21-17(13-3-1-2-4-13)20-8-5-12(6-9-20)16-18-15(19-23-16)14-7-10-22-11-14/h12-14H,1-11H2/t14-/m0/s1. The highest BCUT2D eigenvalue weighted by Gasteiger charge is 2.32. The molecular weight excluding hydrogens is 294 g/mol. The van der Waals surface area contributed by atoms with Crippen molar-refractivity contribution in [1.29, 1.82) is 0 Å². The molecule has 126 valence electrons. The third-order valence-electron chi connectivity index (χ3n) is 5.61. The van der Waals surface area contributed by atoms with Crippen LogP contribution in [0.3, 0.4) is 0 Å². The minimum Gasteiger partial charge on any atom is -0.381 e. The molecule has 0 bridgehead atoms. The topological polar surface area (TPSA) is 68.5 Å². The van der Waals surface area contributed by atoms with Crippen LogP contribution in [0, 0.1) is 5.92 Å². The zero-order chi connectivity index (χ0) is 15.6. The van der Waals surface area contributed by atoms with E-state index in [1.807, 2.05) is 0 Å². The van der Waals surface area contributed by atoms with Gasteiger partial charge < -0.3 is 14.2 Å². The van der Waals surface area contributed by atoms with Crippen LogP contribution in [0.4, 0.5) is 0 Å². The fraction of sp³-hybridized carbons (Fsp3) is 0.824. The van der Waals surface area contributed by atoms with Crippen LogP contribution < -0.4 is 0 Å². The van der Waals surface area contributed by atoms with Gasteiger partial charge in [-0.3, -0.25) is 4.79 Å². The fourth-order valence-electron chi connectivity index (χ4n) is 4.09. The Bertz CT molecular complexity index is 539. The number of carbonyl (C=O) groups is 1. The summed E-state index contributed by atoms with van der Waals surface area (Å²) in [5, 5.41) is 4.14. The van der Waals surface area contributed by atoms with E-state index < -0.39 is 0 Å². The second kappa shape index (κ2) is 6.59. The predicted molar refractivity (Wildman–Crippen MR) is 83.0 cm³/mol. The van der Waals surface area contributed by atoms with Crippen LogP contribution in [-0.4, -0.2) is 47.3 Å². The third-order valence-corrected chi connectivity index (χ3v) is 5.61. The van der Waals surface area contributed by atoms with Gasteiger partial charge in [-0.05, 0) is 32.1 Å². The predicted octanol–water partition coefficient (Wildman–Crippen LogP) is 2.47. The van der Waals surface area contributed by atoms with Gasteiger partial charge in [0, 0.05) is 37.5 Å². The molecule has 1 aromatic heterocycles. The molecule has 2 saturated heterocycles. The molecule has 2 aliphatic heterocycles. The highest BCUT2D eigenvalue weighted by Crippen LogP contribution is 2.32. The number of amides is 1. The van der Waals surface area contributed by atoms with Crippen LogP contribution in [0.5, 0.6) is 0 Å². The Morgan fingerprint density at radius 2 is 1.83 bits per heavy atom. The van der Waals surface area contributed by atoms with Gasteiger partial charge in [-0.1, -0.05) is 18.0 Å². The van der Waals surface area contributed by atoms with Crippen molar-refractivity contribution in [3.8, 4) is 0 Å². The van der Waals surface area contributed by atoms with Gasteiger partial charge in [0.05, 0.1) is 6.61 Å². The van der Waals surface area contributed by atoms with Gasteiger partial charge in [0.25, 0.3) is 0 Å². The molecule has 1 amide bonds. The number of piperidine rings is 1. The SMILES string of the molecule is O=C(C1CCCC1)N1CCC(c2nc([C@H]3CCOC3)no2)CC1. The number of nitrogens with zero attached hydrogens (tertiary/aromatic N) is 3. The van der Waals surface area contributed by atoms with Gasteiger partial charge in [0.1, 0.15) is 0 Å². The van der Waals surface area contributed by atoms with Crippen molar-refractivity contribution in [1.82, 2.24) is 15.0 Å². The minimum atomic E-state index is 0.281. The Hall–Kier alpha value is -1.43. The molecule has 4 rings (SSSR count). The number of ether oxygens (including phenoxy) is 1. The third kappa shape index (κ3) is 3.13. The van der Waals surface area contributed by atoms with Crippen LogP contribution in [0.1, 0.15) is 68.5 Å². The summed E-state index contributed by atoms with van der Waals surface area (Å²) in [5.41, 5.74) is 0. The summed E-state index contributed by atoms with van der Waals surface area (Å²) in [6.07, 6.45) is 7.42. The van der Waals surface area contributed by atoms with E-state index in [9.17, 15) is 4.79 Å². The maximum Gasteiger partial charge on any atom is 0.229 e. The number of hydrogen-bond acceptors (Lipinski definition) is 5. The first-order chi connectivity index (χ1) is 11.3. The van der Waals surface area contributed by atoms with Crippen molar-refractivity contribution in [3.05, 3.63) is 11.7 Å². The first-order valence-electron chi connectivity index (χ1n) is 9.01. The summed E-state index contributed by atoms with van der Waals surface area (Å²) in [5.74, 6) is 2.78. The normalized spacial score (nSPS) is 27.0. The summed E-state index contributed by atoms with van der Waals surface area (Å²) >= 11 is 0. The molecule has 1 saturated carbocycles. The van der Waals surface area contributed by atoms with E-state index in [4.69, 9.17) is 9.26 Å². The van der Waals surface area contributed by atoms with Crippen molar-refractivity contribution in [2.75, 3.05) is 26.3 Å². The Labute approximate surface area is 136 Å². The van der Waals surface area contributed by atoms with Crippen LogP contribution in [0.25, 0.3) is 0 Å². The molecule has 0 aromatic carbocycles. The summed E-state index contributed by atoms with van der Waals surface area (Å²) in [7, 11) is 0. The lowest BCUT2D eigenvalue weighted by molar-refractivity contribution is -0.136. The number of aromatic nitrogens is 2. The Balaban J connectivity index is 1.33. The van der Waals surface area contributed by atoms with Crippen molar-refractivity contribution < 1.29 is 14.1 Å². The smallest absolute Gasteiger partial charge is 0.229 e. The largest absolute Gasteiger partial charge is 0.381 e. The lowest BCUT2D eigenvalue weighted by Gasteiger charge is -2.32. The van der Waals surface area contributed by atoms with Crippen LogP contribution in [0.2, 0.25) is 0 Å². The summed E-state index contributed by atoms with van der Waals surface area (Å²) < 4.78 is 10.9. The molecule has 3 aliphatic rings. The Kier molecular flexibility index (Phi) is 4.33. The molecule has 0 radical (unpaired) electrons. The number of rotatable bonds is 3. The molecule has 6 heteroatoms. The Morgan fingerprint density at radius 1 is 1.04 bits per heavy atom. The number of likely N-dealkylation sites (tertiary alicyclic amines) is 1. The molecule has 0 spiro atoms. The zero-order valence-corrected chi connectivity index (χ0v) is 13.6. The Morgan fingerprint density at radius 3 is 2.52 bits per heavy atom. The molecule has 3 fully saturated rings. The van der Waals surface area contributed by atoms with Gasteiger partial charge in [-0.15, -0.1) is 0 Å². The van der Waals surface area contributed by atoms with Gasteiger partial charge in [0.2, 0.25) is 11.8 Å². The first kappa shape index (κ1) is 15.1. The van der Waals surface area contributed by atoms with Gasteiger partial charge in [-0.25, -0.2) is 0 Å². The maximum absolute atomic E-state index is 12.5. The second-order valence-electron chi connectivity index (χ2n) is 7.13. The average molecular weight is 319 g/mol. The van der Waals surface area contributed by atoms with E-state index in [2.05, 4.69) is 15.0 Å². The quantitative estimate of drug-likeness (QED) is 0.856. The van der Waals surface area contributed by atoms with Crippen LogP contribution in [-0.2, 0) is 9.53 Å². The van der Waals surface area contributed by atoms with E-state index in [0.717, 1.165) is 63.5 Å². The molecule has 0 unspecified atom stereocenters. The molecule has 23 heavy (non-hydrogen) atoms. The van der Waals surface area contributed by atoms with Gasteiger partial charge in [0.15, 0.2) is 5.82 Å². The van der Waals surface area contributed by atoms with Crippen LogP contribution >= 0.6 is 0 Å². The van der Waals surface area contributed by atoms with E-state index >= 15 is 0 Å². The first-order valence-corrected chi connectivity index (χ1v) is 9.01. The van der Waals surface area contributed by atoms with Crippen molar-refractivity contribution in [2.24, 2.45) is 5.92 Å². The van der Waals surface area contributed by atoms with Gasteiger partial charge in [-0.2, -0.15) is 4.98 Å². The van der Waals surface area contributed by atoms with Crippen molar-refractivity contribution >= 4 is 5.91 Å². The van der Waals surface area contributed by atoms with E-state index in [-0.39, 0.29) is 11.8 Å². The number of carbonyl (C=O) groups excluding carboxylic acids is 1. The molecule has 1 aromatic rings. The van der Waals surface area contributed by atoms with Crippen molar-refractivity contribution in [2.45, 2.75) is 56.8 Å². The summed E-state index contributed by atoms with van der Waals surface area (Å²) in [6, 6.07) is 0. The highest BCUT2D eigenvalue weighted by molar-refractivity contribution is 5.79. The molecule has 6 nitrogen and oxygen atoms in total. The second-order valence-corrected chi connectivity index (χ2v) is 7.13. The van der Waals surface area contributed by atoms with Crippen LogP contribution in [0.15, 0.2) is 4.52 Å². The lowest BCUT2D eigenvalue weighted by Crippen LogP contribution is -2.40. The van der Waals surface area contributed by atoms with E-state index in [1.165, 1.54) is 12.8 Å². The van der Waals surface area contributed by atoms with Gasteiger partial charge >= 0.3 is 0 Å². The monoisotopic (exact) mass is 319 g/mol. The number of hydrogen-bond donors (Lipinski definition) is 0. The zero-order valence-electron chi connectivity index (χ0n) is 13.6. The fourth-order valence-corrected chi connectivity index (χ4v) is 4.09. The summed E-state index contributed by atoms with van der Waals surface area (Å²) in [4.78, 5) is 19.1. The van der Waals surface area contributed by atoms with E-state index in [0.29, 0.717) is 18.4 Å². The molecule has 0 N–H and O–H groups in total. The lowest BCUT2D eigenvalue weighted by atomic mass is 9.95. The summed E-state index contributed by atoms with van der Waals surface area (Å²) in [6.45, 7) is 3.14. The minimum absolute atomic E-state index is 0.281. The molecular formula is C17H25N3O3. The molecule has 1 atom stereocenters. The van der Waals surface area contributed by atoms with Crippen molar-refractivity contribution in [3.63, 3.8) is 0 Å². The van der Waals surface area contributed by atoms with E-state index in [1.54, 1.807) is 0 Å². The molecule has 1 aliphatic carbocycles. The maximum atomic E-state index is 12.5.